The van der Waals surface area contributed by atoms with Crippen molar-refractivity contribution in [2.45, 2.75) is 13.5 Å². The molecule has 0 unspecified atom stereocenters. The van der Waals surface area contributed by atoms with Crippen molar-refractivity contribution in [3.8, 4) is 10.4 Å². The van der Waals surface area contributed by atoms with E-state index in [0.29, 0.717) is 6.54 Å². The third-order valence-electron chi connectivity index (χ3n) is 3.11. The summed E-state index contributed by atoms with van der Waals surface area (Å²) in [6.07, 6.45) is 3.44. The van der Waals surface area contributed by atoms with Crippen molar-refractivity contribution in [2.24, 2.45) is 0 Å². The minimum atomic E-state index is 0.00394. The van der Waals surface area contributed by atoms with E-state index in [2.05, 4.69) is 25.9 Å². The summed E-state index contributed by atoms with van der Waals surface area (Å²) in [5.41, 5.74) is 2.60. The minimum Gasteiger partial charge on any atom is -0.348 e. The Bertz CT molecular complexity index is 803. The number of nitrogens with zero attached hydrogens (tertiary/aromatic N) is 2. The van der Waals surface area contributed by atoms with Gasteiger partial charge in [0.2, 0.25) is 0 Å². The average Bonchev–Trinajstić information content (AvgIpc) is 3.02. The Morgan fingerprint density at radius 2 is 2.25 bits per heavy atom. The molecule has 0 radical (unpaired) electrons. The van der Waals surface area contributed by atoms with Crippen LogP contribution in [0.1, 0.15) is 11.4 Å². The van der Waals surface area contributed by atoms with Gasteiger partial charge in [0, 0.05) is 16.8 Å². The number of H-pyrrole nitrogens is 1. The molecule has 3 rings (SSSR count). The van der Waals surface area contributed by atoms with Gasteiger partial charge in [-0.1, -0.05) is 0 Å². The SMILES string of the molecule is Cc1[nH]cnc1Cn1cccc(-c2ccc(Br)s2)c1=O. The van der Waals surface area contributed by atoms with Crippen LogP contribution in [-0.4, -0.2) is 14.5 Å². The van der Waals surface area contributed by atoms with Crippen LogP contribution >= 0.6 is 27.3 Å². The monoisotopic (exact) mass is 349 g/mol. The lowest BCUT2D eigenvalue weighted by Crippen LogP contribution is -2.21. The number of hydrogen-bond acceptors (Lipinski definition) is 3. The van der Waals surface area contributed by atoms with E-state index in [0.717, 1.165) is 25.6 Å². The highest BCUT2D eigenvalue weighted by Gasteiger charge is 2.10. The number of aromatic amines is 1. The van der Waals surface area contributed by atoms with Crippen LogP contribution in [0.15, 0.2) is 45.4 Å². The fourth-order valence-corrected chi connectivity index (χ4v) is 3.42. The van der Waals surface area contributed by atoms with Crippen LogP contribution < -0.4 is 5.56 Å². The van der Waals surface area contributed by atoms with Gasteiger partial charge in [-0.25, -0.2) is 4.98 Å². The molecule has 0 atom stereocenters. The lowest BCUT2D eigenvalue weighted by Gasteiger charge is -2.06. The van der Waals surface area contributed by atoms with Gasteiger partial charge < -0.3 is 9.55 Å². The van der Waals surface area contributed by atoms with Gasteiger partial charge in [0.1, 0.15) is 0 Å². The number of rotatable bonds is 3. The molecule has 0 saturated carbocycles. The lowest BCUT2D eigenvalue weighted by molar-refractivity contribution is 0.741. The number of pyridine rings is 1. The van der Waals surface area contributed by atoms with E-state index in [-0.39, 0.29) is 5.56 Å². The molecule has 102 valence electrons. The molecule has 1 N–H and O–H groups in total. The summed E-state index contributed by atoms with van der Waals surface area (Å²) in [6, 6.07) is 7.66. The van der Waals surface area contributed by atoms with Gasteiger partial charge in [0.25, 0.3) is 5.56 Å². The van der Waals surface area contributed by atoms with Crippen LogP contribution in [0.25, 0.3) is 10.4 Å². The van der Waals surface area contributed by atoms with Gasteiger partial charge in [-0.2, -0.15) is 0 Å². The first-order valence-corrected chi connectivity index (χ1v) is 7.70. The van der Waals surface area contributed by atoms with Crippen LogP contribution in [-0.2, 0) is 6.54 Å². The molecule has 6 heteroatoms. The summed E-state index contributed by atoms with van der Waals surface area (Å²) in [7, 11) is 0. The molecule has 3 aromatic heterocycles. The van der Waals surface area contributed by atoms with Crippen LogP contribution in [0.2, 0.25) is 0 Å². The Morgan fingerprint density at radius 1 is 1.40 bits per heavy atom. The number of halogens is 1. The highest BCUT2D eigenvalue weighted by molar-refractivity contribution is 9.11. The van der Waals surface area contributed by atoms with Crippen LogP contribution in [0.5, 0.6) is 0 Å². The first kappa shape index (κ1) is 13.3. The number of imidazole rings is 1. The topological polar surface area (TPSA) is 50.7 Å². The van der Waals surface area contributed by atoms with E-state index < -0.39 is 0 Å². The largest absolute Gasteiger partial charge is 0.348 e. The molecule has 4 nitrogen and oxygen atoms in total. The van der Waals surface area contributed by atoms with Crippen molar-refractivity contribution >= 4 is 27.3 Å². The second-order valence-corrected chi connectivity index (χ2v) is 6.90. The van der Waals surface area contributed by atoms with Crippen molar-refractivity contribution in [1.29, 1.82) is 0 Å². The lowest BCUT2D eigenvalue weighted by atomic mass is 10.2. The van der Waals surface area contributed by atoms with Crippen LogP contribution in [0, 0.1) is 6.92 Å². The highest BCUT2D eigenvalue weighted by Crippen LogP contribution is 2.29. The fourth-order valence-electron chi connectivity index (χ4n) is 2.02. The Labute approximate surface area is 128 Å². The maximum Gasteiger partial charge on any atom is 0.259 e. The predicted octanol–water partition coefficient (Wildman–Crippen LogP) is 3.42. The Balaban J connectivity index is 2.02. The molecule has 20 heavy (non-hydrogen) atoms. The van der Waals surface area contributed by atoms with Gasteiger partial charge in [-0.05, 0) is 47.1 Å². The fraction of sp³-hybridized carbons (Fsp3) is 0.143. The van der Waals surface area contributed by atoms with Crippen molar-refractivity contribution < 1.29 is 0 Å². The molecule has 0 spiro atoms. The number of nitrogens with one attached hydrogen (secondary N) is 1. The summed E-state index contributed by atoms with van der Waals surface area (Å²) in [5, 5.41) is 0. The van der Waals surface area contributed by atoms with Crippen LogP contribution in [0.4, 0.5) is 0 Å². The van der Waals surface area contributed by atoms with E-state index in [9.17, 15) is 4.79 Å². The van der Waals surface area contributed by atoms with E-state index in [1.165, 1.54) is 0 Å². The van der Waals surface area contributed by atoms with Crippen molar-refractivity contribution in [2.75, 3.05) is 0 Å². The van der Waals surface area contributed by atoms with Gasteiger partial charge in [0.15, 0.2) is 0 Å². The molecule has 0 aliphatic heterocycles. The molecule has 0 fully saturated rings. The Morgan fingerprint density at radius 3 is 2.90 bits per heavy atom. The van der Waals surface area contributed by atoms with E-state index >= 15 is 0 Å². The molecule has 0 aliphatic carbocycles. The molecular formula is C14H12BrN3OS. The summed E-state index contributed by atoms with van der Waals surface area (Å²) in [5.74, 6) is 0. The summed E-state index contributed by atoms with van der Waals surface area (Å²) in [4.78, 5) is 20.8. The first-order valence-electron chi connectivity index (χ1n) is 6.09. The van der Waals surface area contributed by atoms with Crippen molar-refractivity contribution in [3.63, 3.8) is 0 Å². The zero-order chi connectivity index (χ0) is 14.1. The molecule has 0 aliphatic rings. The molecule has 0 amide bonds. The quantitative estimate of drug-likeness (QED) is 0.787. The van der Waals surface area contributed by atoms with Gasteiger partial charge in [-0.15, -0.1) is 11.3 Å². The predicted molar refractivity (Wildman–Crippen MR) is 84.1 cm³/mol. The second-order valence-electron chi connectivity index (χ2n) is 4.43. The third-order valence-corrected chi connectivity index (χ3v) is 4.77. The second kappa shape index (κ2) is 5.38. The molecular weight excluding hydrogens is 338 g/mol. The summed E-state index contributed by atoms with van der Waals surface area (Å²) >= 11 is 4.98. The molecule has 0 bridgehead atoms. The maximum absolute atomic E-state index is 12.5. The normalized spacial score (nSPS) is 10.9. The molecule has 0 saturated heterocycles. The summed E-state index contributed by atoms with van der Waals surface area (Å²) in [6.45, 7) is 2.43. The third kappa shape index (κ3) is 2.48. The van der Waals surface area contributed by atoms with Crippen LogP contribution in [0.3, 0.4) is 0 Å². The minimum absolute atomic E-state index is 0.00394. The Kier molecular flexibility index (Phi) is 3.58. The van der Waals surface area contributed by atoms with Crippen molar-refractivity contribution in [3.05, 3.63) is 62.3 Å². The Hall–Kier alpha value is -1.66. The number of aromatic nitrogens is 3. The maximum atomic E-state index is 12.5. The first-order chi connectivity index (χ1) is 9.65. The number of hydrogen-bond donors (Lipinski definition) is 1. The van der Waals surface area contributed by atoms with E-state index in [1.54, 1.807) is 28.4 Å². The zero-order valence-electron chi connectivity index (χ0n) is 10.8. The van der Waals surface area contributed by atoms with Gasteiger partial charge in [0.05, 0.1) is 27.9 Å². The standard InChI is InChI=1S/C14H12BrN3OS/c1-9-11(17-8-16-9)7-18-6-2-3-10(14(18)19)12-4-5-13(15)20-12/h2-6,8H,7H2,1H3,(H,16,17). The van der Waals surface area contributed by atoms with E-state index in [4.69, 9.17) is 0 Å². The smallest absolute Gasteiger partial charge is 0.259 e. The number of thiophene rings is 1. The average molecular weight is 350 g/mol. The summed E-state index contributed by atoms with van der Waals surface area (Å²) < 4.78 is 2.71. The number of aryl methyl sites for hydroxylation is 1. The van der Waals surface area contributed by atoms with Gasteiger partial charge >= 0.3 is 0 Å². The highest BCUT2D eigenvalue weighted by atomic mass is 79.9. The molecule has 0 aromatic carbocycles. The van der Waals surface area contributed by atoms with Gasteiger partial charge in [-0.3, -0.25) is 4.79 Å². The zero-order valence-corrected chi connectivity index (χ0v) is 13.2. The van der Waals surface area contributed by atoms with E-state index in [1.807, 2.05) is 31.2 Å². The molecule has 3 heterocycles. The molecule has 3 aromatic rings. The van der Waals surface area contributed by atoms with Crippen molar-refractivity contribution in [1.82, 2.24) is 14.5 Å².